The standard InChI is InChI=1S/C19H17NO2S/c1-12-9-13(2)16(14(3)10-12)11-17-18(21)20(19(22)23-17)15-7-5-4-6-8-15/h4-11H,1-3H3/b17-11-. The molecular weight excluding hydrogens is 306 g/mol. The highest BCUT2D eigenvalue weighted by molar-refractivity contribution is 8.19. The van der Waals surface area contributed by atoms with Crippen LogP contribution >= 0.6 is 11.8 Å². The van der Waals surface area contributed by atoms with E-state index in [4.69, 9.17) is 0 Å². The number of thioether (sulfide) groups is 1. The topological polar surface area (TPSA) is 37.4 Å². The van der Waals surface area contributed by atoms with Crippen LogP contribution in [-0.2, 0) is 4.79 Å². The van der Waals surface area contributed by atoms with E-state index in [1.54, 1.807) is 12.1 Å². The van der Waals surface area contributed by atoms with Crippen molar-refractivity contribution in [2.45, 2.75) is 20.8 Å². The molecule has 0 radical (unpaired) electrons. The van der Waals surface area contributed by atoms with E-state index in [2.05, 4.69) is 12.1 Å². The quantitative estimate of drug-likeness (QED) is 0.741. The van der Waals surface area contributed by atoms with Crippen molar-refractivity contribution in [3.63, 3.8) is 0 Å². The molecule has 0 atom stereocenters. The van der Waals surface area contributed by atoms with Crippen LogP contribution in [0.4, 0.5) is 10.5 Å². The van der Waals surface area contributed by atoms with Crippen LogP contribution in [0.25, 0.3) is 6.08 Å². The molecule has 1 saturated heterocycles. The summed E-state index contributed by atoms with van der Waals surface area (Å²) >= 11 is 0.992. The van der Waals surface area contributed by atoms with E-state index in [9.17, 15) is 9.59 Å². The summed E-state index contributed by atoms with van der Waals surface area (Å²) in [5.41, 5.74) is 5.02. The Labute approximate surface area is 140 Å². The first-order valence-electron chi connectivity index (χ1n) is 7.38. The van der Waals surface area contributed by atoms with Crippen molar-refractivity contribution in [2.24, 2.45) is 0 Å². The fourth-order valence-corrected chi connectivity index (χ4v) is 3.64. The fourth-order valence-electron chi connectivity index (χ4n) is 2.82. The first kappa shape index (κ1) is 15.6. The maximum atomic E-state index is 12.6. The normalized spacial score (nSPS) is 16.5. The molecule has 1 aliphatic rings. The number of nitrogens with zero attached hydrogens (tertiary/aromatic N) is 1. The van der Waals surface area contributed by atoms with Gasteiger partial charge in [0.1, 0.15) is 0 Å². The molecule has 3 nitrogen and oxygen atoms in total. The van der Waals surface area contributed by atoms with E-state index in [1.165, 1.54) is 10.5 Å². The van der Waals surface area contributed by atoms with Crippen LogP contribution in [0.3, 0.4) is 0 Å². The minimum atomic E-state index is -0.259. The van der Waals surface area contributed by atoms with E-state index in [0.29, 0.717) is 10.6 Å². The number of benzene rings is 2. The number of rotatable bonds is 2. The molecule has 2 amide bonds. The van der Waals surface area contributed by atoms with Gasteiger partial charge in [0.25, 0.3) is 11.1 Å². The van der Waals surface area contributed by atoms with Gasteiger partial charge in [0.2, 0.25) is 0 Å². The Balaban J connectivity index is 2.00. The first-order chi connectivity index (χ1) is 11.0. The van der Waals surface area contributed by atoms with Crippen molar-refractivity contribution < 1.29 is 9.59 Å². The number of anilines is 1. The van der Waals surface area contributed by atoms with Crippen LogP contribution in [0.15, 0.2) is 47.4 Å². The molecule has 0 aliphatic carbocycles. The third kappa shape index (κ3) is 2.94. The van der Waals surface area contributed by atoms with Crippen LogP contribution in [0.1, 0.15) is 22.3 Å². The SMILES string of the molecule is Cc1cc(C)c(/C=C2\SC(=O)N(c3ccccc3)C2=O)c(C)c1. The summed E-state index contributed by atoms with van der Waals surface area (Å²) in [5, 5.41) is -0.255. The van der Waals surface area contributed by atoms with E-state index in [1.807, 2.05) is 45.0 Å². The molecule has 0 aromatic heterocycles. The smallest absolute Gasteiger partial charge is 0.268 e. The average Bonchev–Trinajstić information content (AvgIpc) is 2.78. The van der Waals surface area contributed by atoms with Crippen LogP contribution in [0.2, 0.25) is 0 Å². The molecule has 0 saturated carbocycles. The second kappa shape index (κ2) is 6.05. The zero-order valence-corrected chi connectivity index (χ0v) is 14.1. The molecule has 1 fully saturated rings. The summed E-state index contributed by atoms with van der Waals surface area (Å²) in [6.45, 7) is 6.09. The molecular formula is C19H17NO2S. The lowest BCUT2D eigenvalue weighted by Crippen LogP contribution is -2.27. The van der Waals surface area contributed by atoms with Crippen molar-refractivity contribution >= 4 is 34.7 Å². The van der Waals surface area contributed by atoms with Gasteiger partial charge in [-0.1, -0.05) is 35.9 Å². The molecule has 2 aromatic rings. The van der Waals surface area contributed by atoms with Crippen LogP contribution < -0.4 is 4.90 Å². The molecule has 1 heterocycles. The van der Waals surface area contributed by atoms with E-state index >= 15 is 0 Å². The molecule has 116 valence electrons. The highest BCUT2D eigenvalue weighted by atomic mass is 32.2. The van der Waals surface area contributed by atoms with Gasteiger partial charge in [0.05, 0.1) is 10.6 Å². The number of hydrogen-bond donors (Lipinski definition) is 0. The molecule has 3 rings (SSSR count). The number of imide groups is 1. The number of carbonyl (C=O) groups excluding carboxylic acids is 2. The van der Waals surface area contributed by atoms with E-state index in [-0.39, 0.29) is 11.1 Å². The molecule has 0 spiro atoms. The molecule has 0 N–H and O–H groups in total. The van der Waals surface area contributed by atoms with Crippen LogP contribution in [0, 0.1) is 20.8 Å². The number of amides is 2. The molecule has 4 heteroatoms. The Morgan fingerprint density at radius 1 is 0.957 bits per heavy atom. The lowest BCUT2D eigenvalue weighted by Gasteiger charge is -2.12. The summed E-state index contributed by atoms with van der Waals surface area (Å²) in [5.74, 6) is -0.259. The Bertz CT molecular complexity index is 802. The van der Waals surface area contributed by atoms with Crippen molar-refractivity contribution in [3.8, 4) is 0 Å². The summed E-state index contributed by atoms with van der Waals surface area (Å²) in [6, 6.07) is 13.2. The molecule has 0 bridgehead atoms. The second-order valence-corrected chi connectivity index (χ2v) is 6.66. The van der Waals surface area contributed by atoms with Crippen LogP contribution in [0.5, 0.6) is 0 Å². The highest BCUT2D eigenvalue weighted by Gasteiger charge is 2.36. The van der Waals surface area contributed by atoms with Gasteiger partial charge in [-0.15, -0.1) is 0 Å². The third-order valence-corrected chi connectivity index (χ3v) is 4.69. The lowest BCUT2D eigenvalue weighted by atomic mass is 9.99. The molecule has 23 heavy (non-hydrogen) atoms. The Morgan fingerprint density at radius 3 is 2.17 bits per heavy atom. The average molecular weight is 323 g/mol. The van der Waals surface area contributed by atoms with Gasteiger partial charge >= 0.3 is 0 Å². The maximum absolute atomic E-state index is 12.6. The summed E-state index contributed by atoms with van der Waals surface area (Å²) in [7, 11) is 0. The monoisotopic (exact) mass is 323 g/mol. The van der Waals surface area contributed by atoms with Gasteiger partial charge in [0.15, 0.2) is 0 Å². The predicted octanol–water partition coefficient (Wildman–Crippen LogP) is 4.85. The van der Waals surface area contributed by atoms with Crippen molar-refractivity contribution in [1.29, 1.82) is 0 Å². The van der Waals surface area contributed by atoms with E-state index < -0.39 is 0 Å². The van der Waals surface area contributed by atoms with Gasteiger partial charge in [-0.05, 0) is 67.4 Å². The molecule has 1 aliphatic heterocycles. The number of hydrogen-bond acceptors (Lipinski definition) is 3. The molecule has 0 unspecified atom stereocenters. The molecule has 2 aromatic carbocycles. The maximum Gasteiger partial charge on any atom is 0.298 e. The van der Waals surface area contributed by atoms with Crippen molar-refractivity contribution in [3.05, 3.63) is 69.6 Å². The largest absolute Gasteiger partial charge is 0.298 e. The Hall–Kier alpha value is -2.33. The Kier molecular flexibility index (Phi) is 4.09. The fraction of sp³-hybridized carbons (Fsp3) is 0.158. The zero-order valence-electron chi connectivity index (χ0n) is 13.3. The van der Waals surface area contributed by atoms with Crippen molar-refractivity contribution in [2.75, 3.05) is 4.90 Å². The minimum absolute atomic E-state index is 0.255. The minimum Gasteiger partial charge on any atom is -0.268 e. The number of para-hydroxylation sites is 1. The second-order valence-electron chi connectivity index (χ2n) is 5.67. The van der Waals surface area contributed by atoms with Gasteiger partial charge < -0.3 is 0 Å². The van der Waals surface area contributed by atoms with Gasteiger partial charge in [-0.3, -0.25) is 9.59 Å². The van der Waals surface area contributed by atoms with Crippen LogP contribution in [-0.4, -0.2) is 11.1 Å². The van der Waals surface area contributed by atoms with Gasteiger partial charge in [0, 0.05) is 0 Å². The number of carbonyl (C=O) groups is 2. The predicted molar refractivity (Wildman–Crippen MR) is 95.5 cm³/mol. The third-order valence-electron chi connectivity index (χ3n) is 3.82. The summed E-state index contributed by atoms with van der Waals surface area (Å²) in [6.07, 6.45) is 1.83. The zero-order chi connectivity index (χ0) is 16.6. The summed E-state index contributed by atoms with van der Waals surface area (Å²) < 4.78 is 0. The van der Waals surface area contributed by atoms with Gasteiger partial charge in [-0.25, -0.2) is 4.90 Å². The first-order valence-corrected chi connectivity index (χ1v) is 8.20. The lowest BCUT2D eigenvalue weighted by molar-refractivity contribution is -0.113. The summed E-state index contributed by atoms with van der Waals surface area (Å²) in [4.78, 5) is 26.6. The van der Waals surface area contributed by atoms with Crippen molar-refractivity contribution in [1.82, 2.24) is 0 Å². The van der Waals surface area contributed by atoms with E-state index in [0.717, 1.165) is 28.5 Å². The Morgan fingerprint density at radius 2 is 1.57 bits per heavy atom. The van der Waals surface area contributed by atoms with Gasteiger partial charge in [-0.2, -0.15) is 0 Å². The highest BCUT2D eigenvalue weighted by Crippen LogP contribution is 2.36. The number of aryl methyl sites for hydroxylation is 3.